The van der Waals surface area contributed by atoms with Crippen LogP contribution in [0, 0.1) is 5.92 Å². The summed E-state index contributed by atoms with van der Waals surface area (Å²) in [4.78, 5) is 115. The van der Waals surface area contributed by atoms with Crippen molar-refractivity contribution in [3.8, 4) is 0 Å². The number of aliphatic hydroxyl groups excluding tert-OH is 1. The van der Waals surface area contributed by atoms with Gasteiger partial charge in [0.25, 0.3) is 0 Å². The summed E-state index contributed by atoms with van der Waals surface area (Å²) in [6.07, 6.45) is 7.93. The number of carbonyl (C=O) groups excluding carboxylic acids is 8. The lowest BCUT2D eigenvalue weighted by atomic mass is 9.84. The van der Waals surface area contributed by atoms with Crippen molar-refractivity contribution in [3.63, 3.8) is 0 Å². The van der Waals surface area contributed by atoms with Gasteiger partial charge in [0, 0.05) is 40.5 Å². The van der Waals surface area contributed by atoms with E-state index in [2.05, 4.69) is 26.3 Å². The molecule has 1 saturated carbocycles. The van der Waals surface area contributed by atoms with E-state index in [4.69, 9.17) is 17.2 Å². The number of fused-ring (bicyclic) bond motifs is 1. The molecule has 11 N–H and O–H groups in total. The summed E-state index contributed by atoms with van der Waals surface area (Å²) >= 11 is 1.43. The highest BCUT2D eigenvalue weighted by Gasteiger charge is 2.41. The highest BCUT2D eigenvalue weighted by atomic mass is 32.2. The molecule has 1 aliphatic heterocycles. The molecule has 1 aromatic rings. The van der Waals surface area contributed by atoms with Crippen LogP contribution >= 0.6 is 11.8 Å². The van der Waals surface area contributed by atoms with E-state index in [9.17, 15) is 43.5 Å². The normalized spacial score (nSPS) is 17.7. The number of thioether (sulfide) groups is 1. The molecule has 0 spiro atoms. The minimum atomic E-state index is -1.44. The van der Waals surface area contributed by atoms with Crippen molar-refractivity contribution in [2.24, 2.45) is 28.1 Å². The van der Waals surface area contributed by atoms with Gasteiger partial charge < -0.3 is 58.3 Å². The van der Waals surface area contributed by atoms with Gasteiger partial charge in [0.2, 0.25) is 47.3 Å². The fraction of sp³-hybridized carbons (Fsp3) is 0.651. The number of likely N-dealkylation sites (N-methyl/N-ethyl adjacent to an activating group) is 2. The minimum absolute atomic E-state index is 0.0171. The summed E-state index contributed by atoms with van der Waals surface area (Å²) in [5.41, 5.74) is 18.0. The zero-order chi connectivity index (χ0) is 47.7. The van der Waals surface area contributed by atoms with Gasteiger partial charge in [-0.05, 0) is 68.6 Å². The molecule has 1 aromatic carbocycles. The van der Waals surface area contributed by atoms with Crippen molar-refractivity contribution in [2.45, 2.75) is 134 Å². The molecule has 0 radical (unpaired) electrons. The lowest BCUT2D eigenvalue weighted by Gasteiger charge is -2.39. The van der Waals surface area contributed by atoms with E-state index in [0.717, 1.165) is 53.0 Å². The van der Waals surface area contributed by atoms with Gasteiger partial charge in [-0.25, -0.2) is 0 Å². The molecule has 3 rings (SSSR count). The molecule has 2 aliphatic rings. The van der Waals surface area contributed by atoms with E-state index in [-0.39, 0.29) is 50.1 Å². The van der Waals surface area contributed by atoms with Gasteiger partial charge in [0.05, 0.1) is 6.61 Å². The van der Waals surface area contributed by atoms with E-state index in [0.29, 0.717) is 18.6 Å². The number of amides is 8. The standard InChI is InChI=1S/C43H69N11O9S/c1-25(36(44)57)52(4)41(62)34(24-55)51-37(58)26(2)53(5)40(61)32(18-20-64-6)50-39(60)35-22-29-15-10-11-16-30(29)23-54(35)42(63)31(17-12-19-47-43(45)46)49-38(59)33(48-27(3)56)21-28-13-8-7-9-14-28/h10-11,15-16,25-26,28,31-35,55H,7-9,12-14,17-24H2,1-6H3,(H2,44,57)(H,48,56)(H,49,59)(H,50,60)(H,51,58)(H4,45,46,47)/t25-,26-,31-,32-,33-,34-,35-/m0/s1. The smallest absolute Gasteiger partial charge is 0.247 e. The minimum Gasteiger partial charge on any atom is -0.394 e. The second-order valence-electron chi connectivity index (χ2n) is 16.7. The molecule has 1 aliphatic carbocycles. The maximum Gasteiger partial charge on any atom is 0.247 e. The zero-order valence-corrected chi connectivity index (χ0v) is 38.8. The molecule has 0 aromatic heterocycles. The number of primary amides is 1. The number of nitrogens with one attached hydrogen (secondary N) is 4. The Balaban J connectivity index is 1.91. The predicted octanol–water partition coefficient (Wildman–Crippen LogP) is -1.15. The quantitative estimate of drug-likeness (QED) is 0.0367. The SMILES string of the molecule is CSCC[C@H](NC(=O)[C@@H]1Cc2ccccc2CN1C(=O)[C@H](CCCN=C(N)N)NC(=O)[C@H](CC1CCCCC1)NC(C)=O)C(=O)N(C)[C@@H](C)C(=O)N[C@@H](CO)C(=O)N(C)[C@@H](C)C(N)=O. The number of benzene rings is 1. The molecule has 7 atom stereocenters. The maximum absolute atomic E-state index is 14.8. The third-order valence-corrected chi connectivity index (χ3v) is 12.7. The van der Waals surface area contributed by atoms with Gasteiger partial charge in [-0.3, -0.25) is 43.3 Å². The molecule has 20 nitrogen and oxygen atoms in total. The van der Waals surface area contributed by atoms with Crippen molar-refractivity contribution in [1.82, 2.24) is 36.0 Å². The van der Waals surface area contributed by atoms with Crippen LogP contribution in [-0.4, -0.2) is 155 Å². The highest BCUT2D eigenvalue weighted by molar-refractivity contribution is 7.98. The van der Waals surface area contributed by atoms with Crippen LogP contribution in [0.15, 0.2) is 29.3 Å². The van der Waals surface area contributed by atoms with Gasteiger partial charge in [0.15, 0.2) is 5.96 Å². The van der Waals surface area contributed by atoms with Crippen molar-refractivity contribution < 1.29 is 43.5 Å². The first-order valence-electron chi connectivity index (χ1n) is 21.8. The molecule has 21 heteroatoms. The van der Waals surface area contributed by atoms with Gasteiger partial charge >= 0.3 is 0 Å². The third-order valence-electron chi connectivity index (χ3n) is 12.1. The molecular formula is C43H69N11O9S. The molecule has 0 unspecified atom stereocenters. The first-order valence-corrected chi connectivity index (χ1v) is 23.2. The topological polar surface area (TPSA) is 305 Å². The average molecular weight is 916 g/mol. The Morgan fingerprint density at radius 1 is 0.812 bits per heavy atom. The summed E-state index contributed by atoms with van der Waals surface area (Å²) in [5, 5.41) is 20.9. The molecule has 1 heterocycles. The Kier molecular flexibility index (Phi) is 21.3. The van der Waals surface area contributed by atoms with E-state index in [1.54, 1.807) is 0 Å². The second kappa shape index (κ2) is 25.8. The fourth-order valence-electron chi connectivity index (χ4n) is 7.93. The molecule has 64 heavy (non-hydrogen) atoms. The molecule has 356 valence electrons. The lowest BCUT2D eigenvalue weighted by Crippen LogP contribution is -2.61. The summed E-state index contributed by atoms with van der Waals surface area (Å²) in [6.45, 7) is 3.53. The highest BCUT2D eigenvalue weighted by Crippen LogP contribution is 2.28. The van der Waals surface area contributed by atoms with Crippen LogP contribution in [0.3, 0.4) is 0 Å². The number of guanidine groups is 1. The van der Waals surface area contributed by atoms with Crippen LogP contribution in [0.5, 0.6) is 0 Å². The van der Waals surface area contributed by atoms with Crippen LogP contribution in [-0.2, 0) is 51.3 Å². The van der Waals surface area contributed by atoms with E-state index < -0.39 is 90.3 Å². The van der Waals surface area contributed by atoms with Crippen molar-refractivity contribution in [3.05, 3.63) is 35.4 Å². The summed E-state index contributed by atoms with van der Waals surface area (Å²) in [6, 6.07) is -0.608. The van der Waals surface area contributed by atoms with Gasteiger partial charge in [0.1, 0.15) is 42.3 Å². The van der Waals surface area contributed by atoms with Gasteiger partial charge in [-0.15, -0.1) is 0 Å². The monoisotopic (exact) mass is 916 g/mol. The zero-order valence-electron chi connectivity index (χ0n) is 38.0. The Labute approximate surface area is 380 Å². The number of aliphatic hydroxyl groups is 1. The number of carbonyl (C=O) groups is 8. The number of aliphatic imine (C=N–C) groups is 1. The summed E-state index contributed by atoms with van der Waals surface area (Å²) < 4.78 is 0. The molecule has 0 saturated heterocycles. The van der Waals surface area contributed by atoms with Crippen molar-refractivity contribution >= 4 is 65.0 Å². The number of hydrogen-bond donors (Lipinski definition) is 8. The number of hydrogen-bond acceptors (Lipinski definition) is 11. The Hall–Kier alpha value is -5.44. The number of nitrogens with two attached hydrogens (primary N) is 3. The van der Waals surface area contributed by atoms with Crippen molar-refractivity contribution in [1.29, 1.82) is 0 Å². The molecule has 8 amide bonds. The first-order chi connectivity index (χ1) is 30.3. The second-order valence-corrected chi connectivity index (χ2v) is 17.7. The summed E-state index contributed by atoms with van der Waals surface area (Å²) in [7, 11) is 2.67. The Bertz CT molecular complexity index is 1840. The van der Waals surface area contributed by atoms with Gasteiger partial charge in [-0.1, -0.05) is 56.4 Å². The average Bonchev–Trinajstić information content (AvgIpc) is 3.27. The van der Waals surface area contributed by atoms with E-state index >= 15 is 0 Å². The van der Waals surface area contributed by atoms with E-state index in [1.165, 1.54) is 51.5 Å². The molecular weight excluding hydrogens is 847 g/mol. The third kappa shape index (κ3) is 15.4. The number of rotatable bonds is 23. The molecule has 1 fully saturated rings. The van der Waals surface area contributed by atoms with Crippen LogP contribution in [0.1, 0.15) is 89.7 Å². The lowest BCUT2D eigenvalue weighted by molar-refractivity contribution is -0.147. The van der Waals surface area contributed by atoms with Crippen LogP contribution in [0.2, 0.25) is 0 Å². The summed E-state index contributed by atoms with van der Waals surface area (Å²) in [5.74, 6) is -4.54. The van der Waals surface area contributed by atoms with E-state index in [1.807, 2.05) is 30.5 Å². The fourth-order valence-corrected chi connectivity index (χ4v) is 8.41. The van der Waals surface area contributed by atoms with Crippen LogP contribution in [0.25, 0.3) is 0 Å². The maximum atomic E-state index is 14.8. The van der Waals surface area contributed by atoms with Crippen LogP contribution in [0.4, 0.5) is 0 Å². The first kappa shape index (κ1) is 52.9. The predicted molar refractivity (Wildman–Crippen MR) is 243 cm³/mol. The Morgan fingerprint density at radius 3 is 2.02 bits per heavy atom. The van der Waals surface area contributed by atoms with Crippen LogP contribution < -0.4 is 38.5 Å². The number of nitrogens with zero attached hydrogens (tertiary/aromatic N) is 4. The van der Waals surface area contributed by atoms with Gasteiger partial charge in [-0.2, -0.15) is 11.8 Å². The Morgan fingerprint density at radius 2 is 1.42 bits per heavy atom. The van der Waals surface area contributed by atoms with Crippen molar-refractivity contribution in [2.75, 3.05) is 39.3 Å². The largest absolute Gasteiger partial charge is 0.394 e. The molecule has 0 bridgehead atoms.